The molecular formula is C10H16N2O4S. The second-order valence-corrected chi connectivity index (χ2v) is 5.29. The van der Waals surface area contributed by atoms with Crippen molar-refractivity contribution in [3.8, 4) is 0 Å². The largest absolute Gasteiger partial charge is 0.480 e. The van der Waals surface area contributed by atoms with E-state index < -0.39 is 11.5 Å². The van der Waals surface area contributed by atoms with E-state index in [2.05, 4.69) is 10.6 Å². The van der Waals surface area contributed by atoms with Gasteiger partial charge >= 0.3 is 5.97 Å². The monoisotopic (exact) mass is 260 g/mol. The molecule has 2 heterocycles. The summed E-state index contributed by atoms with van der Waals surface area (Å²) in [4.78, 5) is 23.3. The smallest absolute Gasteiger partial charge is 0.329 e. The second kappa shape index (κ2) is 5.24. The summed E-state index contributed by atoms with van der Waals surface area (Å²) in [5.41, 5.74) is -1.15. The molecule has 0 aliphatic carbocycles. The van der Waals surface area contributed by atoms with E-state index in [1.54, 1.807) is 11.8 Å². The van der Waals surface area contributed by atoms with E-state index in [1.807, 2.05) is 0 Å². The van der Waals surface area contributed by atoms with Crippen LogP contribution in [0.25, 0.3) is 0 Å². The molecule has 0 aromatic rings. The highest BCUT2D eigenvalue weighted by molar-refractivity contribution is 7.99. The molecule has 0 spiro atoms. The van der Waals surface area contributed by atoms with Crippen LogP contribution in [-0.2, 0) is 14.3 Å². The van der Waals surface area contributed by atoms with Gasteiger partial charge in [0, 0.05) is 37.7 Å². The molecule has 0 aromatic carbocycles. The van der Waals surface area contributed by atoms with Crippen molar-refractivity contribution in [1.82, 2.24) is 10.6 Å². The fraction of sp³-hybridized carbons (Fsp3) is 0.800. The number of amides is 1. The van der Waals surface area contributed by atoms with Crippen LogP contribution in [0, 0.1) is 0 Å². The van der Waals surface area contributed by atoms with Crippen LogP contribution in [0.15, 0.2) is 0 Å². The minimum absolute atomic E-state index is 0.223. The van der Waals surface area contributed by atoms with Gasteiger partial charge in [-0.2, -0.15) is 0 Å². The van der Waals surface area contributed by atoms with Crippen LogP contribution in [0.1, 0.15) is 12.8 Å². The molecule has 2 aliphatic rings. The van der Waals surface area contributed by atoms with Gasteiger partial charge in [-0.15, -0.1) is 11.8 Å². The molecule has 1 unspecified atom stereocenters. The SMILES string of the molecule is O=C(NC1(C(=O)O)CCOCC1)C1CSCN1. The average molecular weight is 260 g/mol. The molecule has 1 atom stereocenters. The predicted octanol–water partition coefficient (Wildman–Crippen LogP) is -0.601. The molecule has 0 aromatic heterocycles. The normalized spacial score (nSPS) is 27.6. The van der Waals surface area contributed by atoms with Gasteiger partial charge in [-0.1, -0.05) is 0 Å². The Hall–Kier alpha value is -0.790. The lowest BCUT2D eigenvalue weighted by atomic mass is 9.90. The predicted molar refractivity (Wildman–Crippen MR) is 62.8 cm³/mol. The highest BCUT2D eigenvalue weighted by Crippen LogP contribution is 2.22. The van der Waals surface area contributed by atoms with Gasteiger partial charge in [0.15, 0.2) is 0 Å². The average Bonchev–Trinajstić information content (AvgIpc) is 2.83. The van der Waals surface area contributed by atoms with Crippen molar-refractivity contribution in [2.75, 3.05) is 24.8 Å². The standard InChI is InChI=1S/C10H16N2O4S/c13-8(7-5-17-6-11-7)12-10(9(14)15)1-3-16-4-2-10/h7,11H,1-6H2,(H,12,13)(H,14,15). The van der Waals surface area contributed by atoms with E-state index in [-0.39, 0.29) is 11.9 Å². The molecule has 17 heavy (non-hydrogen) atoms. The number of carbonyl (C=O) groups excluding carboxylic acids is 1. The summed E-state index contributed by atoms with van der Waals surface area (Å²) < 4.78 is 5.15. The van der Waals surface area contributed by atoms with Crippen LogP contribution < -0.4 is 10.6 Å². The number of rotatable bonds is 3. The third kappa shape index (κ3) is 2.72. The first kappa shape index (κ1) is 12.7. The Bertz CT molecular complexity index is 311. The molecule has 96 valence electrons. The Kier molecular flexibility index (Phi) is 3.90. The fourth-order valence-electron chi connectivity index (χ4n) is 2.00. The van der Waals surface area contributed by atoms with E-state index in [4.69, 9.17) is 4.74 Å². The van der Waals surface area contributed by atoms with Crippen LogP contribution in [0.5, 0.6) is 0 Å². The maximum atomic E-state index is 11.9. The zero-order valence-corrected chi connectivity index (χ0v) is 10.2. The highest BCUT2D eigenvalue weighted by atomic mass is 32.2. The van der Waals surface area contributed by atoms with Crippen molar-refractivity contribution in [2.45, 2.75) is 24.4 Å². The third-order valence-corrected chi connectivity index (χ3v) is 4.09. The summed E-state index contributed by atoms with van der Waals surface area (Å²) >= 11 is 1.64. The molecular weight excluding hydrogens is 244 g/mol. The molecule has 2 saturated heterocycles. The lowest BCUT2D eigenvalue weighted by Crippen LogP contribution is -2.60. The summed E-state index contributed by atoms with van der Waals surface area (Å²) in [5, 5.41) is 15.0. The lowest BCUT2D eigenvalue weighted by Gasteiger charge is -2.34. The summed E-state index contributed by atoms with van der Waals surface area (Å²) in [6.07, 6.45) is 0.655. The number of nitrogens with one attached hydrogen (secondary N) is 2. The van der Waals surface area contributed by atoms with Gasteiger partial charge in [-0.25, -0.2) is 4.79 Å². The molecule has 7 heteroatoms. The van der Waals surface area contributed by atoms with Gasteiger partial charge in [0.1, 0.15) is 5.54 Å². The Morgan fingerprint density at radius 2 is 2.12 bits per heavy atom. The van der Waals surface area contributed by atoms with E-state index in [1.165, 1.54) is 0 Å². The minimum Gasteiger partial charge on any atom is -0.480 e. The molecule has 2 aliphatic heterocycles. The third-order valence-electron chi connectivity index (χ3n) is 3.15. The number of carboxylic acid groups (broad SMARTS) is 1. The Balaban J connectivity index is 2.01. The van der Waals surface area contributed by atoms with Crippen LogP contribution in [0.3, 0.4) is 0 Å². The maximum Gasteiger partial charge on any atom is 0.329 e. The summed E-state index contributed by atoms with van der Waals surface area (Å²) in [5.74, 6) is 0.235. The van der Waals surface area contributed by atoms with Gasteiger partial charge in [0.2, 0.25) is 5.91 Å². The molecule has 1 amide bonds. The molecule has 6 nitrogen and oxygen atoms in total. The van der Waals surface area contributed by atoms with E-state index in [0.717, 1.165) is 5.88 Å². The summed E-state index contributed by atoms with van der Waals surface area (Å²) in [7, 11) is 0. The molecule has 2 fully saturated rings. The number of hydrogen-bond acceptors (Lipinski definition) is 5. The molecule has 0 saturated carbocycles. The summed E-state index contributed by atoms with van der Waals surface area (Å²) in [6, 6.07) is -0.279. The number of carboxylic acids is 1. The van der Waals surface area contributed by atoms with E-state index in [0.29, 0.717) is 31.8 Å². The lowest BCUT2D eigenvalue weighted by molar-refractivity contribution is -0.152. The number of carbonyl (C=O) groups is 2. The van der Waals surface area contributed by atoms with Gasteiger partial charge in [0.05, 0.1) is 6.04 Å². The van der Waals surface area contributed by atoms with Gasteiger partial charge in [0.25, 0.3) is 0 Å². The van der Waals surface area contributed by atoms with Crippen LogP contribution in [0.2, 0.25) is 0 Å². The van der Waals surface area contributed by atoms with Crippen molar-refractivity contribution in [1.29, 1.82) is 0 Å². The molecule has 0 radical (unpaired) electrons. The zero-order valence-electron chi connectivity index (χ0n) is 9.40. The van der Waals surface area contributed by atoms with Crippen molar-refractivity contribution in [3.63, 3.8) is 0 Å². The van der Waals surface area contributed by atoms with Crippen molar-refractivity contribution in [3.05, 3.63) is 0 Å². The molecule has 3 N–H and O–H groups in total. The van der Waals surface area contributed by atoms with E-state index in [9.17, 15) is 14.7 Å². The van der Waals surface area contributed by atoms with Gasteiger partial charge in [-0.3, -0.25) is 10.1 Å². The zero-order chi connectivity index (χ0) is 12.3. The van der Waals surface area contributed by atoms with Gasteiger partial charge < -0.3 is 15.2 Å². The highest BCUT2D eigenvalue weighted by Gasteiger charge is 2.42. The maximum absolute atomic E-state index is 11.9. The second-order valence-electron chi connectivity index (χ2n) is 4.26. The quantitative estimate of drug-likeness (QED) is 0.628. The van der Waals surface area contributed by atoms with Gasteiger partial charge in [-0.05, 0) is 0 Å². The molecule has 0 bridgehead atoms. The van der Waals surface area contributed by atoms with E-state index >= 15 is 0 Å². The topological polar surface area (TPSA) is 87.7 Å². The summed E-state index contributed by atoms with van der Waals surface area (Å²) in [6.45, 7) is 0.749. The Labute approximate surface area is 103 Å². The minimum atomic E-state index is -1.15. The first-order valence-corrected chi connectivity index (χ1v) is 6.74. The van der Waals surface area contributed by atoms with Crippen molar-refractivity contribution >= 4 is 23.6 Å². The fourth-order valence-corrected chi connectivity index (χ4v) is 2.94. The first-order chi connectivity index (χ1) is 8.14. The van der Waals surface area contributed by atoms with Crippen LogP contribution >= 0.6 is 11.8 Å². The van der Waals surface area contributed by atoms with Crippen molar-refractivity contribution in [2.24, 2.45) is 0 Å². The molecule has 2 rings (SSSR count). The van der Waals surface area contributed by atoms with Crippen LogP contribution in [-0.4, -0.2) is 53.4 Å². The number of aliphatic carboxylic acids is 1. The van der Waals surface area contributed by atoms with Crippen LogP contribution in [0.4, 0.5) is 0 Å². The number of hydrogen-bond donors (Lipinski definition) is 3. The number of thioether (sulfide) groups is 1. The first-order valence-electron chi connectivity index (χ1n) is 5.58. The Morgan fingerprint density at radius 3 is 2.65 bits per heavy atom. The Morgan fingerprint density at radius 1 is 1.41 bits per heavy atom. The van der Waals surface area contributed by atoms with Crippen molar-refractivity contribution < 1.29 is 19.4 Å². The number of ether oxygens (including phenoxy) is 1.